The fourth-order valence-electron chi connectivity index (χ4n) is 1.77. The van der Waals surface area contributed by atoms with Gasteiger partial charge in [0.1, 0.15) is 0 Å². The third-order valence-electron chi connectivity index (χ3n) is 2.74. The lowest BCUT2D eigenvalue weighted by molar-refractivity contribution is -0.115. The minimum atomic E-state index is -0.166. The summed E-state index contributed by atoms with van der Waals surface area (Å²) in [6.07, 6.45) is 0. The van der Waals surface area contributed by atoms with E-state index in [1.165, 1.54) is 35.4 Å². The van der Waals surface area contributed by atoms with Crippen molar-refractivity contribution in [2.75, 3.05) is 10.6 Å². The van der Waals surface area contributed by atoms with Gasteiger partial charge in [0.2, 0.25) is 11.8 Å². The Morgan fingerprint density at radius 2 is 1.17 bits per heavy atom. The largest absolute Gasteiger partial charge is 0.325 e. The molecule has 24 heavy (non-hydrogen) atoms. The number of nitrogens with one attached hydrogen (secondary N) is 2. The van der Waals surface area contributed by atoms with Crippen LogP contribution >= 0.6 is 44.8 Å². The molecule has 2 rings (SSSR count). The van der Waals surface area contributed by atoms with Crippen LogP contribution in [0, 0.1) is 0 Å². The summed E-state index contributed by atoms with van der Waals surface area (Å²) in [6.45, 7) is 2.87. The molecule has 2 aromatic carbocycles. The predicted molar refractivity (Wildman–Crippen MR) is 103 cm³/mol. The molecule has 0 bridgehead atoms. The highest BCUT2D eigenvalue weighted by Crippen LogP contribution is 2.41. The number of hydrogen-bond donors (Lipinski definition) is 2. The van der Waals surface area contributed by atoms with Gasteiger partial charge in [-0.05, 0) is 36.4 Å². The van der Waals surface area contributed by atoms with Gasteiger partial charge in [-0.1, -0.05) is 44.8 Å². The van der Waals surface area contributed by atoms with Crippen molar-refractivity contribution in [3.8, 4) is 0 Å². The van der Waals surface area contributed by atoms with Crippen LogP contribution < -0.4 is 10.6 Å². The van der Waals surface area contributed by atoms with Crippen molar-refractivity contribution < 1.29 is 9.59 Å². The Kier molecular flexibility index (Phi) is 6.86. The summed E-state index contributed by atoms with van der Waals surface area (Å²) in [5, 5.41) is 6.29. The second kappa shape index (κ2) is 8.67. The Morgan fingerprint density at radius 3 is 1.46 bits per heavy atom. The van der Waals surface area contributed by atoms with Gasteiger partial charge in [-0.15, -0.1) is 0 Å². The normalized spacial score (nSPS) is 10.3. The van der Waals surface area contributed by atoms with Gasteiger partial charge >= 0.3 is 0 Å². The van der Waals surface area contributed by atoms with E-state index in [0.717, 1.165) is 9.79 Å². The Labute approximate surface area is 158 Å². The molecule has 0 fully saturated rings. The van der Waals surface area contributed by atoms with E-state index >= 15 is 0 Å². The van der Waals surface area contributed by atoms with E-state index in [4.69, 9.17) is 23.2 Å². The molecule has 0 radical (unpaired) electrons. The molecule has 0 atom stereocenters. The molecule has 0 heterocycles. The van der Waals surface area contributed by atoms with E-state index in [-0.39, 0.29) is 11.8 Å². The van der Waals surface area contributed by atoms with Crippen LogP contribution in [0.1, 0.15) is 13.8 Å². The van der Waals surface area contributed by atoms with Crippen molar-refractivity contribution in [1.29, 1.82) is 0 Å². The lowest BCUT2D eigenvalue weighted by atomic mass is 10.3. The van der Waals surface area contributed by atoms with Crippen LogP contribution in [0.3, 0.4) is 0 Å². The zero-order valence-corrected chi connectivity index (χ0v) is 16.0. The van der Waals surface area contributed by atoms with Crippen molar-refractivity contribution >= 4 is 68.0 Å². The molecule has 0 saturated heterocycles. The fourth-order valence-corrected chi connectivity index (χ4v) is 4.33. The maximum absolute atomic E-state index is 11.1. The molecule has 2 aromatic rings. The number of hydrogen-bond acceptors (Lipinski definition) is 4. The molecule has 0 unspecified atom stereocenters. The van der Waals surface area contributed by atoms with Gasteiger partial charge in [0.05, 0.1) is 21.4 Å². The summed E-state index contributed by atoms with van der Waals surface area (Å²) in [6, 6.07) is 10.9. The van der Waals surface area contributed by atoms with Crippen LogP contribution in [0.25, 0.3) is 0 Å². The Morgan fingerprint density at radius 1 is 0.792 bits per heavy atom. The molecule has 2 N–H and O–H groups in total. The first-order valence-electron chi connectivity index (χ1n) is 6.84. The van der Waals surface area contributed by atoms with E-state index in [2.05, 4.69) is 10.6 Å². The van der Waals surface area contributed by atoms with E-state index in [1.54, 1.807) is 24.3 Å². The molecule has 0 saturated carbocycles. The summed E-state index contributed by atoms with van der Waals surface area (Å²) in [7, 11) is 3.03. The summed E-state index contributed by atoms with van der Waals surface area (Å²) in [5.74, 6) is -0.332. The minimum absolute atomic E-state index is 0.166. The highest BCUT2D eigenvalue weighted by molar-refractivity contribution is 8.76. The topological polar surface area (TPSA) is 58.2 Å². The van der Waals surface area contributed by atoms with Crippen LogP contribution in [-0.2, 0) is 9.59 Å². The summed E-state index contributed by atoms with van der Waals surface area (Å²) >= 11 is 12.3. The number of amides is 2. The standard InChI is InChI=1S/C16H14Cl2N2O2S2/c1-9(21)19-15-5-3-11(7-13(15)17)23-24-12-4-6-16(14(18)8-12)20-10(2)22/h3-8H,1-2H3,(H,19,21)(H,20,22). The average molecular weight is 401 g/mol. The quantitative estimate of drug-likeness (QED) is 0.630. The SMILES string of the molecule is CC(=O)Nc1ccc(SSc2ccc(NC(C)=O)c(Cl)c2)cc1Cl. The highest BCUT2D eigenvalue weighted by atomic mass is 35.5. The van der Waals surface area contributed by atoms with Crippen molar-refractivity contribution in [2.45, 2.75) is 23.6 Å². The van der Waals surface area contributed by atoms with Gasteiger partial charge in [-0.2, -0.15) is 0 Å². The number of benzene rings is 2. The number of carbonyl (C=O) groups is 2. The molecule has 0 aliphatic carbocycles. The second-order valence-electron chi connectivity index (χ2n) is 4.81. The lowest BCUT2D eigenvalue weighted by Crippen LogP contribution is -2.06. The highest BCUT2D eigenvalue weighted by Gasteiger charge is 2.07. The van der Waals surface area contributed by atoms with E-state index in [9.17, 15) is 9.59 Å². The maximum atomic E-state index is 11.1. The van der Waals surface area contributed by atoms with Crippen molar-refractivity contribution in [1.82, 2.24) is 0 Å². The number of carbonyl (C=O) groups excluding carboxylic acids is 2. The maximum Gasteiger partial charge on any atom is 0.221 e. The smallest absolute Gasteiger partial charge is 0.221 e. The Hall–Kier alpha value is -1.34. The molecule has 2 amide bonds. The molecular formula is C16H14Cl2N2O2S2. The molecule has 126 valence electrons. The van der Waals surface area contributed by atoms with Crippen LogP contribution in [-0.4, -0.2) is 11.8 Å². The number of halogens is 2. The fraction of sp³-hybridized carbons (Fsp3) is 0.125. The molecule has 0 spiro atoms. The van der Waals surface area contributed by atoms with Crippen LogP contribution in [0.4, 0.5) is 11.4 Å². The van der Waals surface area contributed by atoms with Gasteiger partial charge in [-0.3, -0.25) is 9.59 Å². The average Bonchev–Trinajstić information content (AvgIpc) is 2.49. The van der Waals surface area contributed by atoms with Crippen LogP contribution in [0.5, 0.6) is 0 Å². The first kappa shape index (κ1) is 19.0. The first-order chi connectivity index (χ1) is 11.3. The minimum Gasteiger partial charge on any atom is -0.325 e. The monoisotopic (exact) mass is 400 g/mol. The molecular weight excluding hydrogens is 387 g/mol. The molecule has 0 aliphatic heterocycles. The number of rotatable bonds is 5. The summed E-state index contributed by atoms with van der Waals surface area (Å²) in [5.41, 5.74) is 1.17. The third kappa shape index (κ3) is 5.63. The van der Waals surface area contributed by atoms with E-state index in [1.807, 2.05) is 12.1 Å². The Bertz CT molecular complexity index is 719. The van der Waals surface area contributed by atoms with Crippen molar-refractivity contribution in [3.63, 3.8) is 0 Å². The van der Waals surface area contributed by atoms with Crippen LogP contribution in [0.15, 0.2) is 46.2 Å². The third-order valence-corrected chi connectivity index (χ3v) is 5.74. The van der Waals surface area contributed by atoms with Crippen molar-refractivity contribution in [3.05, 3.63) is 46.4 Å². The van der Waals surface area contributed by atoms with E-state index in [0.29, 0.717) is 21.4 Å². The predicted octanol–water partition coefficient (Wildman–Crippen LogP) is 5.71. The molecule has 4 nitrogen and oxygen atoms in total. The van der Waals surface area contributed by atoms with Gasteiger partial charge in [0.25, 0.3) is 0 Å². The second-order valence-corrected chi connectivity index (χ2v) is 7.90. The zero-order valence-electron chi connectivity index (χ0n) is 12.9. The first-order valence-corrected chi connectivity index (χ1v) is 9.74. The molecule has 0 aliphatic rings. The summed E-state index contributed by atoms with van der Waals surface area (Å²) < 4.78 is 0. The van der Waals surface area contributed by atoms with Gasteiger partial charge in [-0.25, -0.2) is 0 Å². The zero-order chi connectivity index (χ0) is 17.7. The lowest BCUT2D eigenvalue weighted by Gasteiger charge is -2.08. The van der Waals surface area contributed by atoms with Gasteiger partial charge in [0.15, 0.2) is 0 Å². The molecule has 8 heteroatoms. The van der Waals surface area contributed by atoms with Gasteiger partial charge in [0, 0.05) is 23.6 Å². The van der Waals surface area contributed by atoms with E-state index < -0.39 is 0 Å². The molecule has 0 aromatic heterocycles. The van der Waals surface area contributed by atoms with Gasteiger partial charge < -0.3 is 10.6 Å². The number of anilines is 2. The Balaban J connectivity index is 2.03. The van der Waals surface area contributed by atoms with Crippen molar-refractivity contribution in [2.24, 2.45) is 0 Å². The van der Waals surface area contributed by atoms with Crippen LogP contribution in [0.2, 0.25) is 10.0 Å². The summed E-state index contributed by atoms with van der Waals surface area (Å²) in [4.78, 5) is 24.0.